The minimum atomic E-state index is -0.665. The van der Waals surface area contributed by atoms with Crippen molar-refractivity contribution in [2.45, 2.75) is 103 Å². The number of aryl methyl sites for hydroxylation is 2. The van der Waals surface area contributed by atoms with Crippen molar-refractivity contribution in [3.8, 4) is 17.2 Å². The number of fused-ring (bicyclic) bond motifs is 7. The molecule has 0 spiro atoms. The third-order valence-electron chi connectivity index (χ3n) is 9.62. The van der Waals surface area contributed by atoms with E-state index in [1.807, 2.05) is 6.26 Å². The summed E-state index contributed by atoms with van der Waals surface area (Å²) in [5, 5.41) is 12.7. The minimum absolute atomic E-state index is 0.155. The molecule has 34 heavy (non-hydrogen) atoms. The molecule has 0 bridgehead atoms. The number of rotatable bonds is 0. The highest BCUT2D eigenvalue weighted by Gasteiger charge is 2.59. The van der Waals surface area contributed by atoms with Crippen LogP contribution in [0.4, 0.5) is 0 Å². The molecule has 2 aliphatic heterocycles. The Balaban J connectivity index is 1.53. The summed E-state index contributed by atoms with van der Waals surface area (Å²) >= 11 is 0. The second-order valence-electron chi connectivity index (χ2n) is 11.6. The van der Waals surface area contributed by atoms with Crippen molar-refractivity contribution < 1.29 is 19.0 Å². The fourth-order valence-electron chi connectivity index (χ4n) is 8.23. The zero-order valence-corrected chi connectivity index (χ0v) is 21.1. The fourth-order valence-corrected chi connectivity index (χ4v) is 8.23. The highest BCUT2D eigenvalue weighted by molar-refractivity contribution is 5.93. The van der Waals surface area contributed by atoms with E-state index in [-0.39, 0.29) is 12.0 Å². The van der Waals surface area contributed by atoms with Crippen LogP contribution in [-0.4, -0.2) is 11.2 Å². The smallest absolute Gasteiger partial charge is 0.176 e. The largest absolute Gasteiger partial charge is 0.504 e. The van der Waals surface area contributed by atoms with E-state index in [2.05, 4.69) is 41.5 Å². The number of ether oxygens (including phenoxy) is 2. The van der Waals surface area contributed by atoms with Gasteiger partial charge in [0, 0.05) is 28.0 Å². The summed E-state index contributed by atoms with van der Waals surface area (Å²) in [6.45, 7) is 13.4. The van der Waals surface area contributed by atoms with Crippen LogP contribution in [-0.2, 0) is 12.0 Å². The summed E-state index contributed by atoms with van der Waals surface area (Å²) in [5.41, 5.74) is 10.1. The van der Waals surface area contributed by atoms with Crippen LogP contribution in [0.5, 0.6) is 17.2 Å². The van der Waals surface area contributed by atoms with Crippen LogP contribution < -0.4 is 9.47 Å². The maximum atomic E-state index is 11.5. The van der Waals surface area contributed by atoms with E-state index in [0.717, 1.165) is 60.1 Å². The molecular weight excluding hydrogens is 424 g/mol. The normalized spacial score (nSPS) is 30.8. The Bertz CT molecular complexity index is 1400. The summed E-state index contributed by atoms with van der Waals surface area (Å²) in [4.78, 5) is 0. The van der Waals surface area contributed by atoms with Gasteiger partial charge in [0.25, 0.3) is 0 Å². The van der Waals surface area contributed by atoms with Crippen LogP contribution in [0.15, 0.2) is 10.7 Å². The maximum Gasteiger partial charge on any atom is 0.176 e. The molecule has 2 aliphatic carbocycles. The lowest BCUT2D eigenvalue weighted by Gasteiger charge is -2.46. The van der Waals surface area contributed by atoms with Crippen molar-refractivity contribution in [2.75, 3.05) is 0 Å². The highest BCUT2D eigenvalue weighted by atomic mass is 16.6. The highest BCUT2D eigenvalue weighted by Crippen LogP contribution is 2.63. The molecule has 0 fully saturated rings. The number of hydrogen-bond acceptors (Lipinski definition) is 4. The Morgan fingerprint density at radius 2 is 1.71 bits per heavy atom. The zero-order valence-electron chi connectivity index (χ0n) is 21.1. The van der Waals surface area contributed by atoms with Gasteiger partial charge in [-0.05, 0) is 99.5 Å². The summed E-state index contributed by atoms with van der Waals surface area (Å²) in [6, 6.07) is 0. The molecule has 4 aliphatic rings. The summed E-state index contributed by atoms with van der Waals surface area (Å²) < 4.78 is 20.0. The Morgan fingerprint density at radius 3 is 2.50 bits per heavy atom. The first-order valence-electron chi connectivity index (χ1n) is 13.0. The third-order valence-corrected chi connectivity index (χ3v) is 9.62. The molecule has 0 amide bonds. The minimum Gasteiger partial charge on any atom is -0.504 e. The molecule has 0 saturated carbocycles. The molecule has 178 valence electrons. The Kier molecular flexibility index (Phi) is 3.98. The van der Waals surface area contributed by atoms with Gasteiger partial charge in [-0.1, -0.05) is 13.8 Å². The standard InChI is InChI=1S/C30H34O4/c1-13-8-7-9-18-20(13)17(5)24-28(25(18)31)33-29-19-11-10-14(2)21-16(4)22-15(3)12-32-26(22)27(23(19)21)34-30(24,29)6/h12-14,19,29,31H,7-11H2,1-6H3/t13-,14-,19-,29-,30-/m0/s1. The van der Waals surface area contributed by atoms with Crippen LogP contribution in [0.1, 0.15) is 109 Å². The van der Waals surface area contributed by atoms with Crippen LogP contribution in [0, 0.1) is 20.8 Å². The molecule has 0 saturated heterocycles. The SMILES string of the molecule is Cc1c2c(c(O)c3c1[C@]1(C)Oc4c5c(c(C)c6c(C)coc46)[C@@H](C)CC[C@@H]5[C@@H]1O3)CCC[C@@H]2C. The lowest BCUT2D eigenvalue weighted by Crippen LogP contribution is -2.49. The number of phenols is 1. The van der Waals surface area contributed by atoms with E-state index < -0.39 is 5.60 Å². The lowest BCUT2D eigenvalue weighted by molar-refractivity contribution is -0.0376. The van der Waals surface area contributed by atoms with Crippen LogP contribution in [0.3, 0.4) is 0 Å². The van der Waals surface area contributed by atoms with Gasteiger partial charge in [-0.3, -0.25) is 0 Å². The Labute approximate surface area is 201 Å². The number of aromatic hydroxyl groups is 1. The number of furan rings is 1. The van der Waals surface area contributed by atoms with E-state index in [0.29, 0.717) is 23.3 Å². The molecule has 7 rings (SSSR count). The fraction of sp³-hybridized carbons (Fsp3) is 0.533. The topological polar surface area (TPSA) is 51.8 Å². The van der Waals surface area contributed by atoms with Crippen molar-refractivity contribution >= 4 is 11.0 Å². The van der Waals surface area contributed by atoms with Gasteiger partial charge in [0.05, 0.1) is 6.26 Å². The van der Waals surface area contributed by atoms with Crippen molar-refractivity contribution in [1.82, 2.24) is 0 Å². The van der Waals surface area contributed by atoms with Gasteiger partial charge in [-0.25, -0.2) is 0 Å². The second-order valence-corrected chi connectivity index (χ2v) is 11.6. The van der Waals surface area contributed by atoms with E-state index in [9.17, 15) is 5.11 Å². The van der Waals surface area contributed by atoms with Crippen molar-refractivity contribution in [3.63, 3.8) is 0 Å². The molecule has 4 heteroatoms. The predicted octanol–water partition coefficient (Wildman–Crippen LogP) is 7.55. The molecule has 0 radical (unpaired) electrons. The van der Waals surface area contributed by atoms with Gasteiger partial charge in [0.1, 0.15) is 6.10 Å². The van der Waals surface area contributed by atoms with Crippen LogP contribution in [0.2, 0.25) is 0 Å². The first-order chi connectivity index (χ1) is 16.2. The molecule has 3 heterocycles. The van der Waals surface area contributed by atoms with E-state index in [1.54, 1.807) is 0 Å². The second kappa shape index (κ2) is 6.53. The molecule has 2 aromatic carbocycles. The first kappa shape index (κ1) is 20.7. The van der Waals surface area contributed by atoms with Crippen molar-refractivity contribution in [1.29, 1.82) is 0 Å². The summed E-state index contributed by atoms with van der Waals surface area (Å²) in [7, 11) is 0. The van der Waals surface area contributed by atoms with Crippen LogP contribution >= 0.6 is 0 Å². The average Bonchev–Trinajstić information content (AvgIpc) is 3.34. The summed E-state index contributed by atoms with van der Waals surface area (Å²) in [5.74, 6) is 3.04. The van der Waals surface area contributed by atoms with Gasteiger partial charge in [0.2, 0.25) is 0 Å². The van der Waals surface area contributed by atoms with Crippen molar-refractivity contribution in [2.24, 2.45) is 0 Å². The van der Waals surface area contributed by atoms with Gasteiger partial charge >= 0.3 is 0 Å². The van der Waals surface area contributed by atoms with Crippen molar-refractivity contribution in [3.05, 3.63) is 50.8 Å². The van der Waals surface area contributed by atoms with E-state index >= 15 is 0 Å². The van der Waals surface area contributed by atoms with E-state index in [1.165, 1.54) is 33.2 Å². The molecule has 1 aromatic heterocycles. The quantitative estimate of drug-likeness (QED) is 0.378. The lowest BCUT2D eigenvalue weighted by atomic mass is 9.67. The number of benzene rings is 2. The molecule has 1 N–H and O–H groups in total. The Morgan fingerprint density at radius 1 is 0.941 bits per heavy atom. The number of hydrogen-bond donors (Lipinski definition) is 1. The molecule has 5 atom stereocenters. The molecule has 4 nitrogen and oxygen atoms in total. The zero-order chi connectivity index (χ0) is 23.7. The van der Waals surface area contributed by atoms with Gasteiger partial charge in [0.15, 0.2) is 28.4 Å². The van der Waals surface area contributed by atoms with E-state index in [4.69, 9.17) is 13.9 Å². The molecule has 0 unspecified atom stereocenters. The molecule has 3 aromatic rings. The average molecular weight is 459 g/mol. The van der Waals surface area contributed by atoms with Gasteiger partial charge in [-0.15, -0.1) is 0 Å². The maximum absolute atomic E-state index is 11.5. The third kappa shape index (κ3) is 2.26. The Hall–Kier alpha value is -2.62. The van der Waals surface area contributed by atoms with Crippen LogP contribution in [0.25, 0.3) is 11.0 Å². The predicted molar refractivity (Wildman–Crippen MR) is 133 cm³/mol. The van der Waals surface area contributed by atoms with Gasteiger partial charge < -0.3 is 19.0 Å². The molecular formula is C30H34O4. The monoisotopic (exact) mass is 458 g/mol. The summed E-state index contributed by atoms with van der Waals surface area (Å²) in [6.07, 6.45) is 7.09. The van der Waals surface area contributed by atoms with Gasteiger partial charge in [-0.2, -0.15) is 0 Å². The first-order valence-corrected chi connectivity index (χ1v) is 13.0. The number of phenolic OH excluding ortho intramolecular Hbond substituents is 1.